The molecule has 1 aliphatic heterocycles. The minimum atomic E-state index is -0.912. The van der Waals surface area contributed by atoms with Crippen LogP contribution in [0.3, 0.4) is 0 Å². The lowest BCUT2D eigenvalue weighted by atomic mass is 9.99. The van der Waals surface area contributed by atoms with Crippen molar-refractivity contribution >= 4 is 34.3 Å². The number of nitrogens with one attached hydrogen (secondary N) is 1. The van der Waals surface area contributed by atoms with E-state index in [-0.39, 0.29) is 23.6 Å². The molecule has 3 rings (SSSR count). The standard InChI is InChI=1S/C19H24ClN5O2/c1-9(2)25-17-16(12(5)24-25)13(7-15(20)23-17)18(26)21-8-14-10(3)6-11(4)22-19(14)27/h7,9,19,27H,6,8H2,1-5H3,(H,21,26). The zero-order valence-electron chi connectivity index (χ0n) is 16.2. The molecule has 0 spiro atoms. The van der Waals surface area contributed by atoms with Crippen LogP contribution in [0.5, 0.6) is 0 Å². The summed E-state index contributed by atoms with van der Waals surface area (Å²) in [4.78, 5) is 21.4. The van der Waals surface area contributed by atoms with Crippen molar-refractivity contribution in [2.24, 2.45) is 4.99 Å². The molecule has 3 heterocycles. The average molecular weight is 390 g/mol. The van der Waals surface area contributed by atoms with Crippen molar-refractivity contribution in [3.63, 3.8) is 0 Å². The van der Waals surface area contributed by atoms with E-state index in [1.165, 1.54) is 0 Å². The highest BCUT2D eigenvalue weighted by molar-refractivity contribution is 6.30. The van der Waals surface area contributed by atoms with E-state index in [9.17, 15) is 9.90 Å². The quantitative estimate of drug-likeness (QED) is 0.620. The van der Waals surface area contributed by atoms with Crippen molar-refractivity contribution in [2.45, 2.75) is 53.3 Å². The van der Waals surface area contributed by atoms with E-state index < -0.39 is 6.23 Å². The first-order valence-corrected chi connectivity index (χ1v) is 9.30. The summed E-state index contributed by atoms with van der Waals surface area (Å²) in [5.41, 5.74) is 4.37. The Hall–Kier alpha value is -2.25. The predicted octanol–water partition coefficient (Wildman–Crippen LogP) is 3.20. The minimum absolute atomic E-state index is 0.0920. The molecule has 0 aliphatic carbocycles. The van der Waals surface area contributed by atoms with Crippen molar-refractivity contribution in [3.05, 3.63) is 33.6 Å². The Labute approximate surface area is 163 Å². The number of aryl methyl sites for hydroxylation is 1. The molecule has 144 valence electrons. The van der Waals surface area contributed by atoms with Crippen molar-refractivity contribution in [1.29, 1.82) is 0 Å². The minimum Gasteiger partial charge on any atom is -0.368 e. The van der Waals surface area contributed by atoms with Gasteiger partial charge in [0.05, 0.1) is 16.6 Å². The fourth-order valence-corrected chi connectivity index (χ4v) is 3.57. The number of allylic oxidation sites excluding steroid dienone is 1. The van der Waals surface area contributed by atoms with Gasteiger partial charge in [-0.2, -0.15) is 5.10 Å². The van der Waals surface area contributed by atoms with Gasteiger partial charge in [-0.1, -0.05) is 17.2 Å². The molecule has 1 atom stereocenters. The van der Waals surface area contributed by atoms with Gasteiger partial charge in [-0.05, 0) is 46.3 Å². The summed E-state index contributed by atoms with van der Waals surface area (Å²) in [7, 11) is 0. The number of aliphatic hydroxyl groups is 1. The van der Waals surface area contributed by atoms with Gasteiger partial charge in [-0.3, -0.25) is 9.79 Å². The van der Waals surface area contributed by atoms with Crippen LogP contribution >= 0.6 is 11.6 Å². The molecule has 1 aliphatic rings. The van der Waals surface area contributed by atoms with E-state index in [0.717, 1.165) is 22.6 Å². The number of pyridine rings is 1. The predicted molar refractivity (Wildman–Crippen MR) is 106 cm³/mol. The third-order valence-corrected chi connectivity index (χ3v) is 4.90. The molecule has 0 radical (unpaired) electrons. The highest BCUT2D eigenvalue weighted by atomic mass is 35.5. The number of amides is 1. The summed E-state index contributed by atoms with van der Waals surface area (Å²) in [5.74, 6) is -0.283. The molecule has 0 aromatic carbocycles. The van der Waals surface area contributed by atoms with Gasteiger partial charge in [0.2, 0.25) is 0 Å². The molecule has 2 N–H and O–H groups in total. The monoisotopic (exact) mass is 389 g/mol. The Kier molecular flexibility index (Phi) is 5.35. The van der Waals surface area contributed by atoms with Crippen LogP contribution in [0.2, 0.25) is 5.15 Å². The van der Waals surface area contributed by atoms with Gasteiger partial charge in [0.25, 0.3) is 5.91 Å². The molecule has 0 saturated carbocycles. The SMILES string of the molecule is CC1=NC(O)C(CNC(=O)c2cc(Cl)nc3c2c(C)nn3C(C)C)=C(C)C1. The van der Waals surface area contributed by atoms with E-state index in [2.05, 4.69) is 20.4 Å². The van der Waals surface area contributed by atoms with Crippen molar-refractivity contribution in [3.8, 4) is 0 Å². The van der Waals surface area contributed by atoms with Gasteiger partial charge in [0, 0.05) is 24.7 Å². The first-order valence-electron chi connectivity index (χ1n) is 8.92. The second kappa shape index (κ2) is 7.40. The maximum absolute atomic E-state index is 12.9. The molecular formula is C19H24ClN5O2. The van der Waals surface area contributed by atoms with Crippen LogP contribution in [-0.2, 0) is 0 Å². The fraction of sp³-hybridized carbons (Fsp3) is 0.474. The van der Waals surface area contributed by atoms with Gasteiger partial charge >= 0.3 is 0 Å². The lowest BCUT2D eigenvalue weighted by Gasteiger charge is -2.21. The first-order chi connectivity index (χ1) is 12.7. The molecule has 0 fully saturated rings. The number of nitrogens with zero attached hydrogens (tertiary/aromatic N) is 4. The van der Waals surface area contributed by atoms with Crippen molar-refractivity contribution in [2.75, 3.05) is 6.54 Å². The third-order valence-electron chi connectivity index (χ3n) is 4.70. The van der Waals surface area contributed by atoms with Crippen LogP contribution in [0.15, 0.2) is 22.2 Å². The van der Waals surface area contributed by atoms with E-state index in [4.69, 9.17) is 11.6 Å². The Morgan fingerprint density at radius 2 is 2.11 bits per heavy atom. The van der Waals surface area contributed by atoms with Gasteiger partial charge in [0.15, 0.2) is 11.9 Å². The van der Waals surface area contributed by atoms with Crippen LogP contribution in [0, 0.1) is 6.92 Å². The van der Waals surface area contributed by atoms with Crippen LogP contribution in [0.4, 0.5) is 0 Å². The largest absolute Gasteiger partial charge is 0.368 e. The number of aliphatic hydroxyl groups excluding tert-OH is 1. The molecule has 2 aromatic heterocycles. The normalized spacial score (nSPS) is 17.6. The molecule has 0 bridgehead atoms. The molecule has 27 heavy (non-hydrogen) atoms. The van der Waals surface area contributed by atoms with Crippen LogP contribution in [0.1, 0.15) is 56.2 Å². The van der Waals surface area contributed by atoms with Crippen molar-refractivity contribution < 1.29 is 9.90 Å². The van der Waals surface area contributed by atoms with Gasteiger partial charge in [0.1, 0.15) is 5.15 Å². The van der Waals surface area contributed by atoms with Crippen LogP contribution in [0.25, 0.3) is 11.0 Å². The van der Waals surface area contributed by atoms with Gasteiger partial charge in [-0.15, -0.1) is 0 Å². The van der Waals surface area contributed by atoms with E-state index >= 15 is 0 Å². The summed E-state index contributed by atoms with van der Waals surface area (Å²) in [5, 5.41) is 18.5. The number of carbonyl (C=O) groups is 1. The third kappa shape index (κ3) is 3.75. The number of halogens is 1. The number of hydrogen-bond acceptors (Lipinski definition) is 5. The summed E-state index contributed by atoms with van der Waals surface area (Å²) in [6.07, 6.45) is -0.209. The van der Waals surface area contributed by atoms with Crippen molar-refractivity contribution in [1.82, 2.24) is 20.1 Å². The number of hydrogen-bond donors (Lipinski definition) is 2. The van der Waals surface area contributed by atoms with Crippen LogP contribution in [-0.4, -0.2) is 44.3 Å². The number of rotatable bonds is 4. The number of fused-ring (bicyclic) bond motifs is 1. The average Bonchev–Trinajstić information content (AvgIpc) is 2.89. The van der Waals surface area contributed by atoms with Gasteiger partial charge in [-0.25, -0.2) is 9.67 Å². The summed E-state index contributed by atoms with van der Waals surface area (Å²) in [6, 6.07) is 1.65. The molecular weight excluding hydrogens is 366 g/mol. The van der Waals surface area contributed by atoms with E-state index in [1.54, 1.807) is 10.7 Å². The zero-order valence-corrected chi connectivity index (χ0v) is 16.9. The Balaban J connectivity index is 1.92. The van der Waals surface area contributed by atoms with Crippen LogP contribution < -0.4 is 5.32 Å². The Morgan fingerprint density at radius 3 is 2.74 bits per heavy atom. The maximum atomic E-state index is 12.9. The number of aliphatic imine (C=N–C) groups is 1. The summed E-state index contributed by atoms with van der Waals surface area (Å²) >= 11 is 6.17. The zero-order chi connectivity index (χ0) is 19.9. The summed E-state index contributed by atoms with van der Waals surface area (Å²) < 4.78 is 1.77. The van der Waals surface area contributed by atoms with Gasteiger partial charge < -0.3 is 10.4 Å². The highest BCUT2D eigenvalue weighted by Crippen LogP contribution is 2.26. The molecule has 0 saturated heterocycles. The van der Waals surface area contributed by atoms with E-state index in [1.807, 2.05) is 34.6 Å². The maximum Gasteiger partial charge on any atom is 0.252 e. The number of dihydropyridines is 1. The fourth-order valence-electron chi connectivity index (χ4n) is 3.38. The smallest absolute Gasteiger partial charge is 0.252 e. The second-order valence-corrected chi connectivity index (χ2v) is 7.61. The molecule has 2 aromatic rings. The molecule has 7 nitrogen and oxygen atoms in total. The first kappa shape index (κ1) is 19.5. The highest BCUT2D eigenvalue weighted by Gasteiger charge is 2.22. The summed E-state index contributed by atoms with van der Waals surface area (Å²) in [6.45, 7) is 9.89. The lowest BCUT2D eigenvalue weighted by Crippen LogP contribution is -2.31. The lowest BCUT2D eigenvalue weighted by molar-refractivity contribution is 0.0955. The topological polar surface area (TPSA) is 92.4 Å². The van der Waals surface area contributed by atoms with E-state index in [0.29, 0.717) is 23.0 Å². The molecule has 1 amide bonds. The second-order valence-electron chi connectivity index (χ2n) is 7.22. The molecule has 8 heteroatoms. The Morgan fingerprint density at radius 1 is 1.41 bits per heavy atom. The number of carbonyl (C=O) groups excluding carboxylic acids is 1. The Bertz CT molecular complexity index is 974. The molecule has 1 unspecified atom stereocenters. The number of aromatic nitrogens is 3.